The second-order valence-corrected chi connectivity index (χ2v) is 6.03. The van der Waals surface area contributed by atoms with E-state index in [-0.39, 0.29) is 0 Å². The molecule has 0 aliphatic carbocycles. The Hall–Kier alpha value is -0.470. The van der Waals surface area contributed by atoms with Crippen LogP contribution in [0.5, 0.6) is 0 Å². The van der Waals surface area contributed by atoms with E-state index in [1.165, 1.54) is 36.1 Å². The van der Waals surface area contributed by atoms with Crippen molar-refractivity contribution in [2.75, 3.05) is 25.1 Å². The van der Waals surface area contributed by atoms with E-state index in [2.05, 4.69) is 49.7 Å². The first-order valence-electron chi connectivity index (χ1n) is 7.01. The summed E-state index contributed by atoms with van der Waals surface area (Å²) in [5.41, 5.74) is 2.86. The zero-order chi connectivity index (χ0) is 13.2. The first-order valence-corrected chi connectivity index (χ1v) is 8.40. The maximum Gasteiger partial charge on any atom is -0.00170 e. The lowest BCUT2D eigenvalue weighted by Crippen LogP contribution is -2.25. The third-order valence-corrected chi connectivity index (χ3v) is 3.84. The summed E-state index contributed by atoms with van der Waals surface area (Å²) in [5, 5.41) is 3.57. The van der Waals surface area contributed by atoms with Gasteiger partial charge < -0.3 is 5.32 Å². The van der Waals surface area contributed by atoms with E-state index in [1.54, 1.807) is 0 Å². The van der Waals surface area contributed by atoms with Crippen molar-refractivity contribution in [2.24, 2.45) is 5.92 Å². The highest BCUT2D eigenvalue weighted by Gasteiger charge is 2.09. The van der Waals surface area contributed by atoms with Gasteiger partial charge in [0.2, 0.25) is 0 Å². The van der Waals surface area contributed by atoms with Crippen LogP contribution in [0, 0.1) is 12.8 Å². The SMILES string of the molecule is CCCNCC(CCSC)Cc1cccc(C)c1. The van der Waals surface area contributed by atoms with Gasteiger partial charge in [-0.05, 0) is 62.8 Å². The van der Waals surface area contributed by atoms with Crippen LogP contribution in [-0.2, 0) is 6.42 Å². The van der Waals surface area contributed by atoms with Crippen LogP contribution >= 0.6 is 11.8 Å². The molecule has 0 fully saturated rings. The van der Waals surface area contributed by atoms with Gasteiger partial charge in [-0.15, -0.1) is 0 Å². The van der Waals surface area contributed by atoms with Crippen LogP contribution in [0.15, 0.2) is 24.3 Å². The summed E-state index contributed by atoms with van der Waals surface area (Å²) in [7, 11) is 0. The Kier molecular flexibility index (Phi) is 8.19. The molecular weight excluding hydrogens is 238 g/mol. The molecule has 0 saturated carbocycles. The van der Waals surface area contributed by atoms with Gasteiger partial charge in [0.05, 0.1) is 0 Å². The van der Waals surface area contributed by atoms with Crippen LogP contribution in [0.1, 0.15) is 30.9 Å². The van der Waals surface area contributed by atoms with Gasteiger partial charge in [-0.3, -0.25) is 0 Å². The third kappa shape index (κ3) is 6.46. The van der Waals surface area contributed by atoms with Crippen LogP contribution in [-0.4, -0.2) is 25.1 Å². The van der Waals surface area contributed by atoms with E-state index in [9.17, 15) is 0 Å². The molecule has 0 radical (unpaired) electrons. The molecule has 1 aromatic rings. The second kappa shape index (κ2) is 9.46. The minimum absolute atomic E-state index is 0.769. The standard InChI is InChI=1S/C16H27NS/c1-4-9-17-13-16(8-10-18-3)12-15-7-5-6-14(2)11-15/h5-7,11,16-17H,4,8-10,12-13H2,1-3H3. The average molecular weight is 265 g/mol. The van der Waals surface area contributed by atoms with Crippen LogP contribution in [0.25, 0.3) is 0 Å². The molecule has 1 aromatic carbocycles. The van der Waals surface area contributed by atoms with Gasteiger partial charge in [0.25, 0.3) is 0 Å². The van der Waals surface area contributed by atoms with Crippen LogP contribution in [0.4, 0.5) is 0 Å². The normalized spacial score (nSPS) is 12.6. The Morgan fingerprint density at radius 3 is 2.83 bits per heavy atom. The van der Waals surface area contributed by atoms with E-state index in [0.717, 1.165) is 19.0 Å². The number of thioether (sulfide) groups is 1. The Labute approximate surface area is 117 Å². The molecule has 0 bridgehead atoms. The lowest BCUT2D eigenvalue weighted by molar-refractivity contribution is 0.463. The maximum absolute atomic E-state index is 3.57. The summed E-state index contributed by atoms with van der Waals surface area (Å²) in [4.78, 5) is 0. The van der Waals surface area contributed by atoms with Gasteiger partial charge in [0.1, 0.15) is 0 Å². The second-order valence-electron chi connectivity index (χ2n) is 5.04. The molecule has 102 valence electrons. The lowest BCUT2D eigenvalue weighted by Gasteiger charge is -2.17. The molecule has 0 aromatic heterocycles. The minimum Gasteiger partial charge on any atom is -0.316 e. The summed E-state index contributed by atoms with van der Waals surface area (Å²) in [6.07, 6.45) is 5.94. The lowest BCUT2D eigenvalue weighted by atomic mass is 9.96. The molecule has 1 N–H and O–H groups in total. The van der Waals surface area contributed by atoms with Crippen molar-refractivity contribution in [1.82, 2.24) is 5.32 Å². The van der Waals surface area contributed by atoms with E-state index >= 15 is 0 Å². The molecule has 1 rings (SSSR count). The minimum atomic E-state index is 0.769. The average Bonchev–Trinajstić information content (AvgIpc) is 2.36. The van der Waals surface area contributed by atoms with Crippen molar-refractivity contribution in [3.8, 4) is 0 Å². The zero-order valence-electron chi connectivity index (χ0n) is 12.0. The molecule has 18 heavy (non-hydrogen) atoms. The highest BCUT2D eigenvalue weighted by molar-refractivity contribution is 7.98. The third-order valence-electron chi connectivity index (χ3n) is 3.20. The van der Waals surface area contributed by atoms with E-state index in [4.69, 9.17) is 0 Å². The number of rotatable bonds is 9. The van der Waals surface area contributed by atoms with E-state index in [0.29, 0.717) is 0 Å². The van der Waals surface area contributed by atoms with Gasteiger partial charge in [-0.2, -0.15) is 11.8 Å². The summed E-state index contributed by atoms with van der Waals surface area (Å²) in [6, 6.07) is 8.94. The molecule has 0 heterocycles. The molecule has 0 saturated heterocycles. The number of hydrogen-bond acceptors (Lipinski definition) is 2. The largest absolute Gasteiger partial charge is 0.316 e. The monoisotopic (exact) mass is 265 g/mol. The Bertz CT molecular complexity index is 325. The van der Waals surface area contributed by atoms with Gasteiger partial charge >= 0.3 is 0 Å². The van der Waals surface area contributed by atoms with Gasteiger partial charge in [0, 0.05) is 0 Å². The topological polar surface area (TPSA) is 12.0 Å². The number of benzene rings is 1. The smallest absolute Gasteiger partial charge is 0.00170 e. The number of nitrogens with one attached hydrogen (secondary N) is 1. The van der Waals surface area contributed by atoms with Crippen molar-refractivity contribution in [3.05, 3.63) is 35.4 Å². The van der Waals surface area contributed by atoms with Crippen molar-refractivity contribution < 1.29 is 0 Å². The maximum atomic E-state index is 3.57. The van der Waals surface area contributed by atoms with Crippen molar-refractivity contribution in [3.63, 3.8) is 0 Å². The molecule has 0 spiro atoms. The Morgan fingerprint density at radius 2 is 2.17 bits per heavy atom. The van der Waals surface area contributed by atoms with Crippen molar-refractivity contribution >= 4 is 11.8 Å². The molecular formula is C16H27NS. The highest BCUT2D eigenvalue weighted by atomic mass is 32.2. The summed E-state index contributed by atoms with van der Waals surface area (Å²) in [6.45, 7) is 6.70. The molecule has 2 heteroatoms. The van der Waals surface area contributed by atoms with E-state index < -0.39 is 0 Å². The van der Waals surface area contributed by atoms with Crippen LogP contribution < -0.4 is 5.32 Å². The summed E-state index contributed by atoms with van der Waals surface area (Å²) in [5.74, 6) is 2.04. The van der Waals surface area contributed by atoms with Crippen LogP contribution in [0.3, 0.4) is 0 Å². The van der Waals surface area contributed by atoms with Gasteiger partial charge in [-0.25, -0.2) is 0 Å². The first kappa shape index (κ1) is 15.6. The summed E-state index contributed by atoms with van der Waals surface area (Å²) >= 11 is 1.96. The Morgan fingerprint density at radius 1 is 1.33 bits per heavy atom. The fourth-order valence-electron chi connectivity index (χ4n) is 2.22. The quantitative estimate of drug-likeness (QED) is 0.680. The molecule has 0 aliphatic heterocycles. The Balaban J connectivity index is 2.48. The van der Waals surface area contributed by atoms with Gasteiger partial charge in [0.15, 0.2) is 0 Å². The highest BCUT2D eigenvalue weighted by Crippen LogP contribution is 2.15. The van der Waals surface area contributed by atoms with Crippen molar-refractivity contribution in [1.29, 1.82) is 0 Å². The predicted octanol–water partition coefficient (Wildman–Crippen LogP) is 3.91. The van der Waals surface area contributed by atoms with Gasteiger partial charge in [-0.1, -0.05) is 36.8 Å². The van der Waals surface area contributed by atoms with Crippen LogP contribution in [0.2, 0.25) is 0 Å². The number of hydrogen-bond donors (Lipinski definition) is 1. The zero-order valence-corrected chi connectivity index (χ0v) is 12.9. The number of aryl methyl sites for hydroxylation is 1. The fraction of sp³-hybridized carbons (Fsp3) is 0.625. The molecule has 1 atom stereocenters. The fourth-order valence-corrected chi connectivity index (χ4v) is 2.79. The first-order chi connectivity index (χ1) is 8.76. The molecule has 1 nitrogen and oxygen atoms in total. The van der Waals surface area contributed by atoms with E-state index in [1.807, 2.05) is 11.8 Å². The summed E-state index contributed by atoms with van der Waals surface area (Å²) < 4.78 is 0. The predicted molar refractivity (Wildman–Crippen MR) is 84.5 cm³/mol. The molecule has 0 amide bonds. The molecule has 0 aliphatic rings. The molecule has 1 unspecified atom stereocenters. The van der Waals surface area contributed by atoms with Crippen molar-refractivity contribution in [2.45, 2.75) is 33.1 Å².